The second-order valence-electron chi connectivity index (χ2n) is 5.98. The van der Waals surface area contributed by atoms with Crippen LogP contribution in [0.1, 0.15) is 20.3 Å². The monoisotopic (exact) mass is 320 g/mol. The summed E-state index contributed by atoms with van der Waals surface area (Å²) < 4.78 is 2.18. The number of thiazole rings is 1. The molecule has 1 aliphatic rings. The number of nitrogens with zero attached hydrogens (tertiary/aromatic N) is 2. The number of rotatable bonds is 3. The third kappa shape index (κ3) is 3.58. The van der Waals surface area contributed by atoms with Crippen molar-refractivity contribution < 1.29 is 4.79 Å². The summed E-state index contributed by atoms with van der Waals surface area (Å²) >= 11 is 3.23. The van der Waals surface area contributed by atoms with E-state index in [4.69, 9.17) is 0 Å². The minimum absolute atomic E-state index is 0.248. The van der Waals surface area contributed by atoms with Gasteiger partial charge in [-0.15, -0.1) is 11.3 Å². The minimum Gasteiger partial charge on any atom is -0.341 e. The Hall–Kier alpha value is -1.07. The molecule has 2 heterocycles. The summed E-state index contributed by atoms with van der Waals surface area (Å²) in [6.45, 7) is 6.28. The van der Waals surface area contributed by atoms with E-state index in [9.17, 15) is 4.79 Å². The lowest BCUT2D eigenvalue weighted by Crippen LogP contribution is -2.43. The summed E-state index contributed by atoms with van der Waals surface area (Å²) in [5.41, 5.74) is 1.03. The van der Waals surface area contributed by atoms with Gasteiger partial charge in [-0.1, -0.05) is 37.7 Å². The van der Waals surface area contributed by atoms with Crippen molar-refractivity contribution >= 4 is 39.2 Å². The molecule has 5 heteroatoms. The van der Waals surface area contributed by atoms with Crippen LogP contribution in [0.2, 0.25) is 0 Å². The van der Waals surface area contributed by atoms with Crippen molar-refractivity contribution in [1.29, 1.82) is 0 Å². The van der Waals surface area contributed by atoms with Gasteiger partial charge in [-0.25, -0.2) is 4.98 Å². The average Bonchev–Trinajstić information content (AvgIpc) is 2.86. The van der Waals surface area contributed by atoms with Crippen molar-refractivity contribution in [2.75, 3.05) is 18.8 Å². The van der Waals surface area contributed by atoms with E-state index >= 15 is 0 Å². The molecule has 1 aromatic carbocycles. The molecular weight excluding hydrogens is 300 g/mol. The molecule has 3 nitrogen and oxygen atoms in total. The molecule has 0 bridgehead atoms. The summed E-state index contributed by atoms with van der Waals surface area (Å²) in [5, 5.41) is 0. The number of aromatic nitrogens is 1. The van der Waals surface area contributed by atoms with Gasteiger partial charge in [0.2, 0.25) is 5.91 Å². The molecule has 2 aromatic rings. The second kappa shape index (κ2) is 6.36. The van der Waals surface area contributed by atoms with Gasteiger partial charge in [0.15, 0.2) is 4.34 Å². The quantitative estimate of drug-likeness (QED) is 0.804. The lowest BCUT2D eigenvalue weighted by Gasteiger charge is -2.34. The van der Waals surface area contributed by atoms with Crippen LogP contribution in [0, 0.1) is 11.8 Å². The standard InChI is InChI=1S/C16H20N2OS2/c1-11-7-12(2)9-18(8-11)15(19)10-20-16-17-13-5-3-4-6-14(13)21-16/h3-6,11-12H,7-10H2,1-2H3. The van der Waals surface area contributed by atoms with Crippen molar-refractivity contribution in [2.24, 2.45) is 11.8 Å². The highest BCUT2D eigenvalue weighted by Gasteiger charge is 2.25. The van der Waals surface area contributed by atoms with E-state index < -0.39 is 0 Å². The summed E-state index contributed by atoms with van der Waals surface area (Å²) in [6, 6.07) is 8.12. The highest BCUT2D eigenvalue weighted by Crippen LogP contribution is 2.30. The highest BCUT2D eigenvalue weighted by molar-refractivity contribution is 8.01. The predicted octanol–water partition coefficient (Wildman–Crippen LogP) is 3.89. The largest absolute Gasteiger partial charge is 0.341 e. The van der Waals surface area contributed by atoms with E-state index in [1.807, 2.05) is 23.1 Å². The number of carbonyl (C=O) groups is 1. The minimum atomic E-state index is 0.248. The van der Waals surface area contributed by atoms with Crippen LogP contribution < -0.4 is 0 Å². The molecule has 112 valence electrons. The summed E-state index contributed by atoms with van der Waals surface area (Å²) in [6.07, 6.45) is 1.23. The van der Waals surface area contributed by atoms with E-state index in [1.54, 1.807) is 23.1 Å². The van der Waals surface area contributed by atoms with Crippen LogP contribution in [-0.2, 0) is 4.79 Å². The first-order chi connectivity index (χ1) is 10.1. The van der Waals surface area contributed by atoms with Crippen LogP contribution in [0.25, 0.3) is 10.2 Å². The molecule has 0 saturated carbocycles. The first kappa shape index (κ1) is 14.9. The number of piperidine rings is 1. The molecule has 2 atom stereocenters. The predicted molar refractivity (Wildman–Crippen MR) is 89.9 cm³/mol. The molecule has 21 heavy (non-hydrogen) atoms. The summed E-state index contributed by atoms with van der Waals surface area (Å²) in [4.78, 5) is 19.0. The number of likely N-dealkylation sites (tertiary alicyclic amines) is 1. The van der Waals surface area contributed by atoms with Crippen molar-refractivity contribution in [1.82, 2.24) is 9.88 Å². The Balaban J connectivity index is 1.60. The van der Waals surface area contributed by atoms with Gasteiger partial charge in [-0.05, 0) is 30.4 Å². The average molecular weight is 320 g/mol. The Morgan fingerprint density at radius 1 is 1.33 bits per heavy atom. The zero-order valence-corrected chi connectivity index (χ0v) is 14.0. The second-order valence-corrected chi connectivity index (χ2v) is 8.23. The molecule has 1 amide bonds. The first-order valence-corrected chi connectivity index (χ1v) is 9.18. The molecule has 1 saturated heterocycles. The molecule has 1 fully saturated rings. The lowest BCUT2D eigenvalue weighted by molar-refractivity contribution is -0.130. The van der Waals surface area contributed by atoms with Crippen LogP contribution in [0.4, 0.5) is 0 Å². The number of para-hydroxylation sites is 1. The smallest absolute Gasteiger partial charge is 0.233 e. The van der Waals surface area contributed by atoms with Crippen LogP contribution in [-0.4, -0.2) is 34.6 Å². The van der Waals surface area contributed by atoms with E-state index in [0.29, 0.717) is 17.6 Å². The molecule has 0 spiro atoms. The molecule has 0 aliphatic carbocycles. The third-order valence-electron chi connectivity index (χ3n) is 3.81. The molecule has 2 unspecified atom stereocenters. The fraction of sp³-hybridized carbons (Fsp3) is 0.500. The Bertz CT molecular complexity index is 597. The van der Waals surface area contributed by atoms with Gasteiger partial charge >= 0.3 is 0 Å². The summed E-state index contributed by atoms with van der Waals surface area (Å²) in [5.74, 6) is 1.98. The van der Waals surface area contributed by atoms with E-state index in [1.165, 1.54) is 11.1 Å². The van der Waals surface area contributed by atoms with Gasteiger partial charge in [0.1, 0.15) is 0 Å². The van der Waals surface area contributed by atoms with Gasteiger partial charge < -0.3 is 4.90 Å². The maximum absolute atomic E-state index is 12.4. The van der Waals surface area contributed by atoms with Gasteiger partial charge in [0.05, 0.1) is 16.0 Å². The Morgan fingerprint density at radius 2 is 2.05 bits per heavy atom. The topological polar surface area (TPSA) is 33.2 Å². The van der Waals surface area contributed by atoms with Crippen LogP contribution >= 0.6 is 23.1 Å². The van der Waals surface area contributed by atoms with Gasteiger partial charge in [-0.2, -0.15) is 0 Å². The zero-order valence-electron chi connectivity index (χ0n) is 12.4. The van der Waals surface area contributed by atoms with E-state index in [-0.39, 0.29) is 5.91 Å². The fourth-order valence-corrected chi connectivity index (χ4v) is 4.97. The molecule has 0 N–H and O–H groups in total. The number of fused-ring (bicyclic) bond motifs is 1. The van der Waals surface area contributed by atoms with Gasteiger partial charge in [0, 0.05) is 13.1 Å². The van der Waals surface area contributed by atoms with Crippen LogP contribution in [0.3, 0.4) is 0 Å². The van der Waals surface area contributed by atoms with Crippen molar-refractivity contribution in [3.8, 4) is 0 Å². The number of hydrogen-bond donors (Lipinski definition) is 0. The van der Waals surface area contributed by atoms with E-state index in [2.05, 4.69) is 24.9 Å². The molecule has 1 aliphatic heterocycles. The van der Waals surface area contributed by atoms with Crippen molar-refractivity contribution in [2.45, 2.75) is 24.6 Å². The highest BCUT2D eigenvalue weighted by atomic mass is 32.2. The maximum atomic E-state index is 12.4. The number of carbonyl (C=O) groups excluding carboxylic acids is 1. The Labute approximate surface area is 133 Å². The third-order valence-corrected chi connectivity index (χ3v) is 5.98. The fourth-order valence-electron chi connectivity index (χ4n) is 2.99. The van der Waals surface area contributed by atoms with E-state index in [0.717, 1.165) is 22.9 Å². The lowest BCUT2D eigenvalue weighted by atomic mass is 9.92. The van der Waals surface area contributed by atoms with Crippen LogP contribution in [0.15, 0.2) is 28.6 Å². The molecule has 0 radical (unpaired) electrons. The zero-order chi connectivity index (χ0) is 14.8. The normalized spacial score (nSPS) is 22.7. The number of hydrogen-bond acceptors (Lipinski definition) is 4. The first-order valence-electron chi connectivity index (χ1n) is 7.38. The Kier molecular flexibility index (Phi) is 4.50. The van der Waals surface area contributed by atoms with Crippen molar-refractivity contribution in [3.05, 3.63) is 24.3 Å². The SMILES string of the molecule is CC1CC(C)CN(C(=O)CSc2nc3ccccc3s2)C1. The Morgan fingerprint density at radius 3 is 2.76 bits per heavy atom. The molecule has 1 aromatic heterocycles. The van der Waals surface area contributed by atoms with Crippen molar-refractivity contribution in [3.63, 3.8) is 0 Å². The summed E-state index contributed by atoms with van der Waals surface area (Å²) in [7, 11) is 0. The number of benzene rings is 1. The molecular formula is C16H20N2OS2. The van der Waals surface area contributed by atoms with Crippen LogP contribution in [0.5, 0.6) is 0 Å². The number of amides is 1. The maximum Gasteiger partial charge on any atom is 0.233 e. The molecule has 3 rings (SSSR count). The number of thioether (sulfide) groups is 1. The van der Waals surface area contributed by atoms with Gasteiger partial charge in [-0.3, -0.25) is 4.79 Å². The van der Waals surface area contributed by atoms with Gasteiger partial charge in [0.25, 0.3) is 0 Å².